The number of unbranched alkanes of at least 4 members (excludes halogenated alkanes) is 1. The van der Waals surface area contributed by atoms with Gasteiger partial charge in [-0.05, 0) is 24.3 Å². The molecule has 0 fully saturated rings. The Morgan fingerprint density at radius 1 is 0.769 bits per heavy atom. The molecule has 0 spiro atoms. The fraction of sp³-hybridized carbons (Fsp3) is 1.00. The van der Waals surface area contributed by atoms with Crippen molar-refractivity contribution in [1.82, 2.24) is 0 Å². The molecular formula is C8H18S5. The monoisotopic (exact) mass is 274 g/mol. The second-order valence-electron chi connectivity index (χ2n) is 2.49. The Morgan fingerprint density at radius 2 is 1.38 bits per heavy atom. The van der Waals surface area contributed by atoms with E-state index in [9.17, 15) is 0 Å². The minimum absolute atomic E-state index is 1.01. The quantitative estimate of drug-likeness (QED) is 0.354. The van der Waals surface area contributed by atoms with E-state index in [1.807, 2.05) is 11.8 Å². The van der Waals surface area contributed by atoms with E-state index in [1.54, 1.807) is 10.8 Å². The molecule has 0 amide bonds. The molecular weight excluding hydrogens is 256 g/mol. The molecule has 0 aliphatic carbocycles. The van der Waals surface area contributed by atoms with Crippen LogP contribution in [0.1, 0.15) is 12.8 Å². The van der Waals surface area contributed by atoms with Gasteiger partial charge in [-0.3, -0.25) is 0 Å². The van der Waals surface area contributed by atoms with Crippen LogP contribution in [0.15, 0.2) is 0 Å². The summed E-state index contributed by atoms with van der Waals surface area (Å²) in [5.41, 5.74) is 0. The highest BCUT2D eigenvalue weighted by Crippen LogP contribution is 2.12. The smallest absolute Gasteiger partial charge is 0.00347 e. The molecule has 0 aromatic carbocycles. The van der Waals surface area contributed by atoms with Crippen LogP contribution in [0.3, 0.4) is 0 Å². The average molecular weight is 275 g/mol. The Hall–Kier alpha value is 1.75. The van der Waals surface area contributed by atoms with Crippen molar-refractivity contribution in [2.45, 2.75) is 12.8 Å². The zero-order valence-electron chi connectivity index (χ0n) is 7.78. The standard InChI is InChI=1S/C8H18S5/c9-3-6-12-8-7-11-4-1-2-5-13-10/h9-10H,1-8H2. The largest absolute Gasteiger partial charge is 0.179 e. The van der Waals surface area contributed by atoms with Crippen LogP contribution < -0.4 is 0 Å². The Balaban J connectivity index is 2.76. The van der Waals surface area contributed by atoms with Gasteiger partial charge in [-0.1, -0.05) is 10.8 Å². The van der Waals surface area contributed by atoms with Crippen LogP contribution in [0.2, 0.25) is 0 Å². The first-order valence-electron chi connectivity index (χ1n) is 4.44. The second kappa shape index (κ2) is 13.8. The number of hydrogen-bond donors (Lipinski definition) is 2. The molecule has 0 N–H and O–H groups in total. The fourth-order valence-corrected chi connectivity index (χ4v) is 3.75. The highest BCUT2D eigenvalue weighted by Gasteiger charge is 1.91. The molecule has 0 aliphatic heterocycles. The van der Waals surface area contributed by atoms with Gasteiger partial charge in [0.15, 0.2) is 0 Å². The van der Waals surface area contributed by atoms with E-state index in [2.05, 4.69) is 36.1 Å². The van der Waals surface area contributed by atoms with Crippen molar-refractivity contribution in [1.29, 1.82) is 0 Å². The van der Waals surface area contributed by atoms with Crippen LogP contribution in [-0.4, -0.2) is 34.5 Å². The third-order valence-corrected chi connectivity index (χ3v) is 5.24. The normalized spacial score (nSPS) is 10.6. The minimum atomic E-state index is 1.01. The first kappa shape index (κ1) is 14.8. The van der Waals surface area contributed by atoms with Gasteiger partial charge in [0.25, 0.3) is 0 Å². The third-order valence-electron chi connectivity index (χ3n) is 1.38. The summed E-state index contributed by atoms with van der Waals surface area (Å²) in [7, 11) is 1.65. The second-order valence-corrected chi connectivity index (χ2v) is 6.83. The van der Waals surface area contributed by atoms with Crippen molar-refractivity contribution in [2.24, 2.45) is 0 Å². The highest BCUT2D eigenvalue weighted by molar-refractivity contribution is 8.68. The van der Waals surface area contributed by atoms with Crippen molar-refractivity contribution < 1.29 is 0 Å². The molecule has 0 unspecified atom stereocenters. The first-order chi connectivity index (χ1) is 6.41. The zero-order chi connectivity index (χ0) is 9.78. The maximum Gasteiger partial charge on any atom is 0.00347 e. The van der Waals surface area contributed by atoms with Gasteiger partial charge in [0.2, 0.25) is 0 Å². The molecule has 80 valence electrons. The Bertz CT molecular complexity index is 78.6. The molecule has 0 bridgehead atoms. The van der Waals surface area contributed by atoms with Gasteiger partial charge < -0.3 is 0 Å². The van der Waals surface area contributed by atoms with Gasteiger partial charge in [-0.2, -0.15) is 36.2 Å². The molecule has 0 nitrogen and oxygen atoms in total. The first-order valence-corrected chi connectivity index (χ1v) is 9.42. The molecule has 0 atom stereocenters. The molecule has 0 radical (unpaired) electrons. The lowest BCUT2D eigenvalue weighted by atomic mass is 10.4. The third kappa shape index (κ3) is 13.8. The van der Waals surface area contributed by atoms with E-state index in [4.69, 9.17) is 0 Å². The maximum atomic E-state index is 4.17. The summed E-state index contributed by atoms with van der Waals surface area (Å²) >= 11 is 12.3. The van der Waals surface area contributed by atoms with E-state index < -0.39 is 0 Å². The molecule has 0 aliphatic rings. The summed E-state index contributed by atoms with van der Waals surface area (Å²) < 4.78 is 0. The Kier molecular flexibility index (Phi) is 15.6. The van der Waals surface area contributed by atoms with Gasteiger partial charge in [-0.25, -0.2) is 0 Å². The van der Waals surface area contributed by atoms with Gasteiger partial charge in [-0.15, -0.1) is 11.7 Å². The number of thioether (sulfide) groups is 2. The van der Waals surface area contributed by atoms with Crippen molar-refractivity contribution in [2.75, 3.05) is 34.5 Å². The van der Waals surface area contributed by atoms with Crippen molar-refractivity contribution in [3.05, 3.63) is 0 Å². The van der Waals surface area contributed by atoms with Gasteiger partial charge in [0.05, 0.1) is 0 Å². The van der Waals surface area contributed by atoms with E-state index >= 15 is 0 Å². The number of hydrogen-bond acceptors (Lipinski definition) is 5. The maximum absolute atomic E-state index is 4.17. The summed E-state index contributed by atoms with van der Waals surface area (Å²) in [5, 5.41) is 0. The summed E-state index contributed by atoms with van der Waals surface area (Å²) in [6.45, 7) is 0. The predicted octanol–water partition coefficient (Wildman–Crippen LogP) is 3.74. The van der Waals surface area contributed by atoms with Gasteiger partial charge in [0.1, 0.15) is 0 Å². The predicted molar refractivity (Wildman–Crippen MR) is 79.2 cm³/mol. The van der Waals surface area contributed by atoms with Crippen molar-refractivity contribution >= 4 is 58.6 Å². The highest BCUT2D eigenvalue weighted by atomic mass is 33.1. The molecule has 0 saturated carbocycles. The Morgan fingerprint density at radius 3 is 2.00 bits per heavy atom. The summed E-state index contributed by atoms with van der Waals surface area (Å²) in [6.07, 6.45) is 2.65. The van der Waals surface area contributed by atoms with Crippen LogP contribution in [-0.2, 0) is 0 Å². The van der Waals surface area contributed by atoms with Gasteiger partial charge in [0, 0.05) is 23.0 Å². The molecule has 0 aromatic rings. The lowest BCUT2D eigenvalue weighted by molar-refractivity contribution is 0.909. The lowest BCUT2D eigenvalue weighted by Gasteiger charge is -2.00. The summed E-state index contributed by atoms with van der Waals surface area (Å²) in [5.74, 6) is 7.29. The van der Waals surface area contributed by atoms with E-state index in [1.165, 1.54) is 41.6 Å². The number of rotatable bonds is 10. The van der Waals surface area contributed by atoms with Crippen molar-refractivity contribution in [3.8, 4) is 0 Å². The van der Waals surface area contributed by atoms with Gasteiger partial charge >= 0.3 is 0 Å². The van der Waals surface area contributed by atoms with Crippen LogP contribution in [0.25, 0.3) is 0 Å². The van der Waals surface area contributed by atoms with Crippen LogP contribution >= 0.6 is 58.6 Å². The van der Waals surface area contributed by atoms with E-state index in [0.29, 0.717) is 0 Å². The van der Waals surface area contributed by atoms with E-state index in [-0.39, 0.29) is 0 Å². The summed E-state index contributed by atoms with van der Waals surface area (Å²) in [4.78, 5) is 0. The molecule has 0 rings (SSSR count). The van der Waals surface area contributed by atoms with E-state index in [0.717, 1.165) is 5.75 Å². The SMILES string of the molecule is SCCSCCSCCCCSS. The van der Waals surface area contributed by atoms with Crippen LogP contribution in [0, 0.1) is 0 Å². The molecule has 13 heavy (non-hydrogen) atoms. The molecule has 0 heterocycles. The van der Waals surface area contributed by atoms with Crippen LogP contribution in [0.4, 0.5) is 0 Å². The number of thiol groups is 2. The van der Waals surface area contributed by atoms with Crippen LogP contribution in [0.5, 0.6) is 0 Å². The zero-order valence-corrected chi connectivity index (χ0v) is 12.0. The summed E-state index contributed by atoms with van der Waals surface area (Å²) in [6, 6.07) is 0. The average Bonchev–Trinajstić information content (AvgIpc) is 2.16. The Labute approximate surface area is 105 Å². The lowest BCUT2D eigenvalue weighted by Crippen LogP contribution is -1.90. The molecule has 0 saturated heterocycles. The fourth-order valence-electron chi connectivity index (χ4n) is 0.757. The molecule has 0 aromatic heterocycles. The topological polar surface area (TPSA) is 0 Å². The minimum Gasteiger partial charge on any atom is -0.179 e. The molecule has 5 heteroatoms. The van der Waals surface area contributed by atoms with Crippen molar-refractivity contribution in [3.63, 3.8) is 0 Å².